The molecule has 0 unspecified atom stereocenters. The van der Waals surface area contributed by atoms with Crippen LogP contribution < -0.4 is 19.8 Å². The van der Waals surface area contributed by atoms with Gasteiger partial charge < -0.3 is 29.2 Å². The molecule has 0 spiro atoms. The highest BCUT2D eigenvalue weighted by molar-refractivity contribution is 7.79. The number of azo groups is 2. The van der Waals surface area contributed by atoms with E-state index in [1.165, 1.54) is 0 Å². The Bertz CT molecular complexity index is 1430. The average Bonchev–Trinajstić information content (AvgIpc) is 3.59. The zero-order valence-electron chi connectivity index (χ0n) is 23.5. The van der Waals surface area contributed by atoms with Gasteiger partial charge >= 0.3 is 10.3 Å². The number of aryl methyl sites for hydroxylation is 2. The first-order valence-corrected chi connectivity index (χ1v) is 16.0. The van der Waals surface area contributed by atoms with Crippen molar-refractivity contribution in [2.75, 3.05) is 50.2 Å². The van der Waals surface area contributed by atoms with Crippen LogP contribution in [0.4, 0.5) is 33.0 Å². The molecule has 2 aromatic carbocycles. The van der Waals surface area contributed by atoms with Crippen LogP contribution in [0.25, 0.3) is 0 Å². The SMILES string of the molecule is C[n+]1ccsc1N=Nc1ccc(NCCOCCOCCNc2ccc(N=Nc3scc[n+]3C)cc2)cc1.O=S(=O)([O-])[O-]. The van der Waals surface area contributed by atoms with E-state index in [1.54, 1.807) is 22.7 Å². The van der Waals surface area contributed by atoms with Crippen molar-refractivity contribution in [1.82, 2.24) is 0 Å². The van der Waals surface area contributed by atoms with Crippen LogP contribution in [0.2, 0.25) is 0 Å². The maximum absolute atomic E-state index is 8.52. The molecule has 14 nitrogen and oxygen atoms in total. The summed E-state index contributed by atoms with van der Waals surface area (Å²) in [7, 11) is -1.26. The Labute approximate surface area is 258 Å². The predicted molar refractivity (Wildman–Crippen MR) is 161 cm³/mol. The van der Waals surface area contributed by atoms with Gasteiger partial charge in [0.25, 0.3) is 0 Å². The number of benzene rings is 2. The van der Waals surface area contributed by atoms with Crippen LogP contribution in [0.5, 0.6) is 0 Å². The van der Waals surface area contributed by atoms with Crippen molar-refractivity contribution in [3.05, 3.63) is 71.7 Å². The Morgan fingerprint density at radius 1 is 0.674 bits per heavy atom. The smallest absolute Gasteiger partial charge is 0.408 e. The molecule has 0 atom stereocenters. The second kappa shape index (κ2) is 18.1. The third kappa shape index (κ3) is 14.3. The molecular formula is C26H32N8O6S3. The van der Waals surface area contributed by atoms with Gasteiger partial charge in [-0.2, -0.15) is 0 Å². The van der Waals surface area contributed by atoms with Crippen LogP contribution in [0.3, 0.4) is 0 Å². The minimum Gasteiger partial charge on any atom is -0.759 e. The summed E-state index contributed by atoms with van der Waals surface area (Å²) in [6, 6.07) is 15.7. The van der Waals surface area contributed by atoms with E-state index in [1.807, 2.05) is 94.9 Å². The summed E-state index contributed by atoms with van der Waals surface area (Å²) in [5.41, 5.74) is 3.66. The van der Waals surface area contributed by atoms with Crippen LogP contribution in [-0.2, 0) is 34.0 Å². The summed E-state index contributed by atoms with van der Waals surface area (Å²) in [4.78, 5) is 0. The topological polar surface area (TPSA) is 180 Å². The van der Waals surface area contributed by atoms with Crippen molar-refractivity contribution in [3.63, 3.8) is 0 Å². The number of hydrogen-bond donors (Lipinski definition) is 2. The molecular weight excluding hydrogens is 617 g/mol. The van der Waals surface area contributed by atoms with Gasteiger partial charge in [0.15, 0.2) is 0 Å². The first-order chi connectivity index (χ1) is 20.7. The summed E-state index contributed by atoms with van der Waals surface area (Å²) in [5, 5.41) is 29.4. The summed E-state index contributed by atoms with van der Waals surface area (Å²) >= 11 is 3.11. The van der Waals surface area contributed by atoms with Gasteiger partial charge in [-0.15, -0.1) is 0 Å². The molecule has 2 N–H and O–H groups in total. The summed E-state index contributed by atoms with van der Waals surface area (Å²) < 4.78 is 49.2. The van der Waals surface area contributed by atoms with E-state index in [2.05, 4.69) is 31.1 Å². The highest BCUT2D eigenvalue weighted by Gasteiger charge is 2.08. The van der Waals surface area contributed by atoms with Crippen molar-refractivity contribution < 1.29 is 36.1 Å². The van der Waals surface area contributed by atoms with Crippen molar-refractivity contribution in [3.8, 4) is 0 Å². The minimum absolute atomic E-state index is 0.558. The number of hydrogen-bond acceptors (Lipinski definition) is 14. The van der Waals surface area contributed by atoms with Gasteiger partial charge in [0.2, 0.25) is 0 Å². The fraction of sp³-hybridized carbons (Fsp3) is 0.308. The summed E-state index contributed by atoms with van der Waals surface area (Å²) in [6.45, 7) is 3.76. The monoisotopic (exact) mass is 648 g/mol. The van der Waals surface area contributed by atoms with Crippen molar-refractivity contribution in [1.29, 1.82) is 0 Å². The first kappa shape index (κ1) is 33.8. The van der Waals surface area contributed by atoms with E-state index in [9.17, 15) is 0 Å². The molecule has 4 aromatic rings. The van der Waals surface area contributed by atoms with Crippen molar-refractivity contribution in [2.45, 2.75) is 0 Å². The van der Waals surface area contributed by atoms with Crippen LogP contribution in [0, 0.1) is 0 Å². The molecule has 0 aliphatic heterocycles. The van der Waals surface area contributed by atoms with Crippen molar-refractivity contribution in [2.24, 2.45) is 34.6 Å². The predicted octanol–water partition coefficient (Wildman–Crippen LogP) is 4.51. The lowest BCUT2D eigenvalue weighted by atomic mass is 10.3. The van der Waals surface area contributed by atoms with Crippen molar-refractivity contribution >= 4 is 66.1 Å². The molecule has 2 aromatic heterocycles. The normalized spacial score (nSPS) is 11.5. The largest absolute Gasteiger partial charge is 0.759 e. The third-order valence-electron chi connectivity index (χ3n) is 5.28. The molecule has 0 radical (unpaired) electrons. The van der Waals surface area contributed by atoms with Crippen LogP contribution in [0.1, 0.15) is 0 Å². The quantitative estimate of drug-likeness (QED) is 0.0621. The molecule has 43 heavy (non-hydrogen) atoms. The molecule has 2 heterocycles. The standard InChI is InChI=1S/C26H30N8O2S2.H2O4S/c1-33-13-19-37-25(33)31-29-23-7-3-21(4-8-23)27-11-15-35-17-18-36-16-12-28-22-5-9-24(10-6-22)30-32-26-34(2)14-20-38-26;1-5(2,3)4/h3-10,13-14,19-20H,11-12,15-18H2,1-2H3;(H2,1,2,3,4). The molecule has 230 valence electrons. The summed E-state index contributed by atoms with van der Waals surface area (Å²) in [6.07, 6.45) is 3.92. The average molecular weight is 649 g/mol. The lowest BCUT2D eigenvalue weighted by Gasteiger charge is -2.09. The fourth-order valence-electron chi connectivity index (χ4n) is 3.20. The number of thiazole rings is 2. The van der Waals surface area contributed by atoms with E-state index in [4.69, 9.17) is 27.0 Å². The highest BCUT2D eigenvalue weighted by Crippen LogP contribution is 2.21. The van der Waals surface area contributed by atoms with E-state index in [0.717, 1.165) is 46.1 Å². The third-order valence-corrected chi connectivity index (χ3v) is 6.96. The van der Waals surface area contributed by atoms with Gasteiger partial charge in [-0.25, -0.2) is 9.13 Å². The van der Waals surface area contributed by atoms with Crippen LogP contribution >= 0.6 is 22.7 Å². The zero-order chi connectivity index (χ0) is 30.9. The van der Waals surface area contributed by atoms with Gasteiger partial charge in [-0.3, -0.25) is 8.42 Å². The first-order valence-electron chi connectivity index (χ1n) is 12.9. The molecule has 0 amide bonds. The molecule has 0 fully saturated rings. The number of anilines is 2. The minimum atomic E-state index is -5.17. The second-order valence-corrected chi connectivity index (χ2v) is 11.1. The number of nitrogens with one attached hydrogen (secondary N) is 2. The van der Waals surface area contributed by atoms with Gasteiger partial charge in [-0.1, -0.05) is 0 Å². The lowest BCUT2D eigenvalue weighted by Crippen LogP contribution is -2.23. The van der Waals surface area contributed by atoms with Crippen LogP contribution in [-0.4, -0.2) is 57.0 Å². The molecule has 0 aliphatic carbocycles. The maximum Gasteiger partial charge on any atom is 0.408 e. The molecule has 4 rings (SSSR count). The van der Waals surface area contributed by atoms with E-state index < -0.39 is 10.4 Å². The number of rotatable bonds is 15. The lowest BCUT2D eigenvalue weighted by molar-refractivity contribution is -0.654. The Kier molecular flexibility index (Phi) is 14.2. The number of nitrogens with zero attached hydrogens (tertiary/aromatic N) is 6. The van der Waals surface area contributed by atoms with Gasteiger partial charge in [-0.05, 0) is 81.4 Å². The van der Waals surface area contributed by atoms with Gasteiger partial charge in [0.1, 0.15) is 23.8 Å². The van der Waals surface area contributed by atoms with Gasteiger partial charge in [0, 0.05) is 45.6 Å². The summed E-state index contributed by atoms with van der Waals surface area (Å²) in [5.74, 6) is 0. The Morgan fingerprint density at radius 3 is 1.37 bits per heavy atom. The number of ether oxygens (including phenoxy) is 2. The van der Waals surface area contributed by atoms with Crippen LogP contribution in [0.15, 0.2) is 92.1 Å². The Hall–Kier alpha value is -3.71. The molecule has 0 saturated carbocycles. The zero-order valence-corrected chi connectivity index (χ0v) is 26.0. The second-order valence-electron chi connectivity index (χ2n) is 8.57. The van der Waals surface area contributed by atoms with E-state index in [0.29, 0.717) is 26.4 Å². The maximum atomic E-state index is 8.52. The molecule has 17 heteroatoms. The van der Waals surface area contributed by atoms with Gasteiger partial charge in [0.05, 0.1) is 50.8 Å². The Morgan fingerprint density at radius 2 is 1.05 bits per heavy atom. The van der Waals surface area contributed by atoms with E-state index in [-0.39, 0.29) is 0 Å². The molecule has 0 bridgehead atoms. The molecule has 0 saturated heterocycles. The van der Waals surface area contributed by atoms with E-state index >= 15 is 0 Å². The Balaban J connectivity index is 0.000000934. The highest BCUT2D eigenvalue weighted by atomic mass is 32.3. The number of aromatic nitrogens is 2. The molecule has 0 aliphatic rings. The fourth-order valence-corrected chi connectivity index (χ4v) is 4.56.